The van der Waals surface area contributed by atoms with Crippen LogP contribution >= 0.6 is 0 Å². The van der Waals surface area contributed by atoms with Gasteiger partial charge in [0.25, 0.3) is 5.91 Å². The topological polar surface area (TPSA) is 62.6 Å². The van der Waals surface area contributed by atoms with Gasteiger partial charge in [-0.2, -0.15) is 0 Å². The van der Waals surface area contributed by atoms with Crippen LogP contribution in [0, 0.1) is 6.92 Å². The van der Waals surface area contributed by atoms with E-state index in [0.717, 1.165) is 12.2 Å². The SMILES string of the molecule is Cc1ccc(C(=O)N2CCn3c(cc4ccccc43)C2)cc1S(=O)(=O)N(C)C. The minimum absolute atomic E-state index is 0.147. The minimum Gasteiger partial charge on any atom is -0.341 e. The Hall–Kier alpha value is -2.64. The van der Waals surface area contributed by atoms with Gasteiger partial charge in [0.1, 0.15) is 0 Å². The molecular weight excluding hydrogens is 374 g/mol. The van der Waals surface area contributed by atoms with Gasteiger partial charge in [-0.3, -0.25) is 4.79 Å². The molecule has 0 atom stereocenters. The molecule has 0 saturated heterocycles. The van der Waals surface area contributed by atoms with Gasteiger partial charge in [0.2, 0.25) is 10.0 Å². The Morgan fingerprint density at radius 1 is 1.04 bits per heavy atom. The third kappa shape index (κ3) is 3.00. The first-order valence-electron chi connectivity index (χ1n) is 9.18. The number of hydrogen-bond acceptors (Lipinski definition) is 3. The number of sulfonamides is 1. The maximum absolute atomic E-state index is 13.1. The number of carbonyl (C=O) groups is 1. The molecule has 1 aliphatic heterocycles. The van der Waals surface area contributed by atoms with Crippen molar-refractivity contribution in [1.82, 2.24) is 13.8 Å². The van der Waals surface area contributed by atoms with Gasteiger partial charge in [-0.25, -0.2) is 12.7 Å². The lowest BCUT2D eigenvalue weighted by molar-refractivity contribution is 0.0712. The summed E-state index contributed by atoms with van der Waals surface area (Å²) in [5, 5.41) is 1.17. The molecule has 0 radical (unpaired) electrons. The quantitative estimate of drug-likeness (QED) is 0.683. The molecule has 146 valence electrons. The van der Waals surface area contributed by atoms with Crippen molar-refractivity contribution in [3.05, 3.63) is 65.4 Å². The zero-order chi connectivity index (χ0) is 20.1. The van der Waals surface area contributed by atoms with Gasteiger partial charge in [0, 0.05) is 44.0 Å². The van der Waals surface area contributed by atoms with E-state index in [1.165, 1.54) is 35.4 Å². The lowest BCUT2D eigenvalue weighted by Crippen LogP contribution is -2.38. The molecule has 0 unspecified atom stereocenters. The molecule has 1 amide bonds. The highest BCUT2D eigenvalue weighted by molar-refractivity contribution is 7.89. The molecule has 28 heavy (non-hydrogen) atoms. The molecule has 4 rings (SSSR count). The third-order valence-electron chi connectivity index (χ3n) is 5.32. The van der Waals surface area contributed by atoms with Crippen LogP contribution in [0.5, 0.6) is 0 Å². The summed E-state index contributed by atoms with van der Waals surface area (Å²) in [6.45, 7) is 3.57. The lowest BCUT2D eigenvalue weighted by atomic mass is 10.1. The zero-order valence-corrected chi connectivity index (χ0v) is 17.0. The predicted octanol–water partition coefficient (Wildman–Crippen LogP) is 2.86. The Bertz CT molecular complexity index is 1180. The van der Waals surface area contributed by atoms with Crippen LogP contribution in [-0.2, 0) is 23.1 Å². The van der Waals surface area contributed by atoms with E-state index >= 15 is 0 Å². The fourth-order valence-electron chi connectivity index (χ4n) is 3.72. The number of fused-ring (bicyclic) bond motifs is 3. The molecule has 1 aromatic heterocycles. The van der Waals surface area contributed by atoms with Gasteiger partial charge in [-0.1, -0.05) is 24.3 Å². The number of carbonyl (C=O) groups excluding carboxylic acids is 1. The summed E-state index contributed by atoms with van der Waals surface area (Å²) >= 11 is 0. The van der Waals surface area contributed by atoms with Gasteiger partial charge in [0.15, 0.2) is 0 Å². The van der Waals surface area contributed by atoms with E-state index in [4.69, 9.17) is 0 Å². The van der Waals surface area contributed by atoms with Crippen molar-refractivity contribution in [2.75, 3.05) is 20.6 Å². The number of aryl methyl sites for hydroxylation is 1. The summed E-state index contributed by atoms with van der Waals surface area (Å²) in [4.78, 5) is 15.1. The van der Waals surface area contributed by atoms with Crippen molar-refractivity contribution in [3.63, 3.8) is 0 Å². The molecule has 0 aliphatic carbocycles. The van der Waals surface area contributed by atoms with Crippen LogP contribution in [0.25, 0.3) is 10.9 Å². The highest BCUT2D eigenvalue weighted by Crippen LogP contribution is 2.26. The number of nitrogens with zero attached hydrogens (tertiary/aromatic N) is 3. The van der Waals surface area contributed by atoms with E-state index in [1.54, 1.807) is 24.0 Å². The number of benzene rings is 2. The maximum atomic E-state index is 13.1. The second-order valence-corrected chi connectivity index (χ2v) is 9.46. The van der Waals surface area contributed by atoms with E-state index in [-0.39, 0.29) is 10.8 Å². The molecule has 2 aromatic carbocycles. The molecule has 6 nitrogen and oxygen atoms in total. The van der Waals surface area contributed by atoms with Gasteiger partial charge < -0.3 is 9.47 Å². The molecule has 0 fully saturated rings. The van der Waals surface area contributed by atoms with Crippen molar-refractivity contribution in [1.29, 1.82) is 0 Å². The van der Waals surface area contributed by atoms with E-state index in [1.807, 2.05) is 12.1 Å². The number of aromatic nitrogens is 1. The Morgan fingerprint density at radius 3 is 2.54 bits per heavy atom. The first kappa shape index (κ1) is 18.7. The summed E-state index contributed by atoms with van der Waals surface area (Å²) in [6, 6.07) is 15.2. The van der Waals surface area contributed by atoms with E-state index < -0.39 is 10.0 Å². The Labute approximate surface area is 165 Å². The monoisotopic (exact) mass is 397 g/mol. The number of hydrogen-bond donors (Lipinski definition) is 0. The van der Waals surface area contributed by atoms with Gasteiger partial charge in [-0.15, -0.1) is 0 Å². The molecule has 0 saturated carbocycles. The van der Waals surface area contributed by atoms with E-state index in [0.29, 0.717) is 24.2 Å². The molecular formula is C21H23N3O3S. The van der Waals surface area contributed by atoms with Crippen molar-refractivity contribution in [3.8, 4) is 0 Å². The molecule has 3 aromatic rings. The average Bonchev–Trinajstić information content (AvgIpc) is 3.05. The van der Waals surface area contributed by atoms with E-state index in [2.05, 4.69) is 22.8 Å². The fourth-order valence-corrected chi connectivity index (χ4v) is 4.87. The van der Waals surface area contributed by atoms with Crippen LogP contribution in [0.1, 0.15) is 21.6 Å². The molecule has 7 heteroatoms. The summed E-state index contributed by atoms with van der Waals surface area (Å²) in [5.74, 6) is -0.147. The molecule has 1 aliphatic rings. The highest BCUT2D eigenvalue weighted by Gasteiger charge is 2.26. The second-order valence-electron chi connectivity index (χ2n) is 7.34. The highest BCUT2D eigenvalue weighted by atomic mass is 32.2. The Morgan fingerprint density at radius 2 is 1.79 bits per heavy atom. The standard InChI is InChI=1S/C21H23N3O3S/c1-15-8-9-17(13-20(15)28(26,27)22(2)3)21(25)23-10-11-24-18(14-23)12-16-6-4-5-7-19(16)24/h4-9,12-13H,10-11,14H2,1-3H3. The van der Waals surface area contributed by atoms with Crippen molar-refractivity contribution >= 4 is 26.8 Å². The largest absolute Gasteiger partial charge is 0.341 e. The molecule has 2 heterocycles. The van der Waals surface area contributed by atoms with Gasteiger partial charge in [-0.05, 0) is 42.1 Å². The molecule has 0 bridgehead atoms. The molecule has 0 spiro atoms. The smallest absolute Gasteiger partial charge is 0.254 e. The summed E-state index contributed by atoms with van der Waals surface area (Å²) < 4.78 is 28.5. The van der Waals surface area contributed by atoms with Crippen molar-refractivity contribution in [2.45, 2.75) is 24.9 Å². The van der Waals surface area contributed by atoms with Crippen molar-refractivity contribution in [2.24, 2.45) is 0 Å². The van der Waals surface area contributed by atoms with Gasteiger partial charge >= 0.3 is 0 Å². The van der Waals surface area contributed by atoms with Crippen LogP contribution in [0.3, 0.4) is 0 Å². The predicted molar refractivity (Wildman–Crippen MR) is 109 cm³/mol. The maximum Gasteiger partial charge on any atom is 0.254 e. The lowest BCUT2D eigenvalue weighted by Gasteiger charge is -2.29. The average molecular weight is 398 g/mol. The normalized spacial score (nSPS) is 14.5. The fraction of sp³-hybridized carbons (Fsp3) is 0.286. The second kappa shape index (κ2) is 6.76. The van der Waals surface area contributed by atoms with Gasteiger partial charge in [0.05, 0.1) is 11.4 Å². The minimum atomic E-state index is -3.60. The summed E-state index contributed by atoms with van der Waals surface area (Å²) in [5.41, 5.74) is 3.30. The Balaban J connectivity index is 1.66. The summed E-state index contributed by atoms with van der Waals surface area (Å²) in [7, 11) is -0.616. The van der Waals surface area contributed by atoms with Crippen molar-refractivity contribution < 1.29 is 13.2 Å². The number of amides is 1. The first-order chi connectivity index (χ1) is 13.3. The third-order valence-corrected chi connectivity index (χ3v) is 7.28. The number of para-hydroxylation sites is 1. The first-order valence-corrected chi connectivity index (χ1v) is 10.6. The van der Waals surface area contributed by atoms with Crippen LogP contribution in [0.15, 0.2) is 53.4 Å². The van der Waals surface area contributed by atoms with E-state index in [9.17, 15) is 13.2 Å². The Kier molecular flexibility index (Phi) is 4.51. The van der Waals surface area contributed by atoms with Crippen LogP contribution in [-0.4, -0.2) is 48.7 Å². The van der Waals surface area contributed by atoms with Crippen LogP contribution < -0.4 is 0 Å². The summed E-state index contributed by atoms with van der Waals surface area (Å²) in [6.07, 6.45) is 0. The molecule has 0 N–H and O–H groups in total. The van der Waals surface area contributed by atoms with Crippen LogP contribution in [0.2, 0.25) is 0 Å². The van der Waals surface area contributed by atoms with Crippen LogP contribution in [0.4, 0.5) is 0 Å². The zero-order valence-electron chi connectivity index (χ0n) is 16.2. The number of rotatable bonds is 3.